The highest BCUT2D eigenvalue weighted by Gasteiger charge is 2.35. The number of ether oxygens (including phenoxy) is 1. The Hall–Kier alpha value is -2.34. The highest BCUT2D eigenvalue weighted by Crippen LogP contribution is 2.37. The summed E-state index contributed by atoms with van der Waals surface area (Å²) in [7, 11) is 1.63. The molecule has 0 spiro atoms. The lowest BCUT2D eigenvalue weighted by Crippen LogP contribution is -2.50. The lowest BCUT2D eigenvalue weighted by atomic mass is 9.88. The number of β-amino-alcohol motifs (C(OH)–C–C–N with tert-alkyl or cyclic N) is 1. The largest absolute Gasteiger partial charge is 0.494 e. The first-order valence-corrected chi connectivity index (χ1v) is 8.11. The highest BCUT2D eigenvalue weighted by atomic mass is 16.5. The molecule has 0 saturated carbocycles. The quantitative estimate of drug-likeness (QED) is 0.892. The number of nitrogens with two attached hydrogens (primary N) is 1. The Labute approximate surface area is 141 Å². The average molecular weight is 329 g/mol. The number of nitrogens with zero attached hydrogens (tertiary/aromatic N) is 2. The number of benzene rings is 1. The van der Waals surface area contributed by atoms with E-state index >= 15 is 0 Å². The van der Waals surface area contributed by atoms with Crippen LogP contribution in [-0.4, -0.2) is 41.8 Å². The molecule has 0 bridgehead atoms. The Bertz CT molecular complexity index is 777. The molecule has 1 aliphatic heterocycles. The fourth-order valence-electron chi connectivity index (χ4n) is 3.64. The zero-order valence-corrected chi connectivity index (χ0v) is 14.1. The van der Waals surface area contributed by atoms with E-state index < -0.39 is 11.5 Å². The normalized spacial score (nSPS) is 21.0. The number of aryl methyl sites for hydroxylation is 1. The molecule has 1 aromatic heterocycles. The molecular formula is C18H23N3O3. The molecule has 6 nitrogen and oxygen atoms in total. The molecule has 1 atom stereocenters. The van der Waals surface area contributed by atoms with Gasteiger partial charge < -0.3 is 20.5 Å². The number of hydrogen-bond acceptors (Lipinski definition) is 5. The van der Waals surface area contributed by atoms with Crippen LogP contribution in [0, 0.1) is 6.92 Å². The van der Waals surface area contributed by atoms with Gasteiger partial charge in [0.15, 0.2) is 0 Å². The third-order valence-corrected chi connectivity index (χ3v) is 4.61. The number of para-hydroxylation sites is 1. The molecule has 1 unspecified atom stereocenters. The van der Waals surface area contributed by atoms with Crippen molar-refractivity contribution in [1.82, 2.24) is 4.98 Å². The van der Waals surface area contributed by atoms with E-state index in [0.29, 0.717) is 13.0 Å². The van der Waals surface area contributed by atoms with E-state index in [-0.39, 0.29) is 6.42 Å². The number of carbonyl (C=O) groups excluding carboxylic acids is 1. The van der Waals surface area contributed by atoms with Gasteiger partial charge in [0.2, 0.25) is 5.91 Å². The van der Waals surface area contributed by atoms with Crippen LogP contribution in [0.4, 0.5) is 5.69 Å². The van der Waals surface area contributed by atoms with Crippen molar-refractivity contribution < 1.29 is 14.6 Å². The third kappa shape index (κ3) is 3.01. The molecule has 24 heavy (non-hydrogen) atoms. The number of aromatic nitrogens is 1. The Kier molecular flexibility index (Phi) is 4.32. The maximum Gasteiger partial charge on any atom is 0.220 e. The van der Waals surface area contributed by atoms with Crippen LogP contribution >= 0.6 is 0 Å². The van der Waals surface area contributed by atoms with Crippen LogP contribution in [0.15, 0.2) is 24.4 Å². The van der Waals surface area contributed by atoms with Crippen LogP contribution in [0.3, 0.4) is 0 Å². The van der Waals surface area contributed by atoms with Crippen molar-refractivity contribution in [3.8, 4) is 5.75 Å². The van der Waals surface area contributed by atoms with Gasteiger partial charge >= 0.3 is 0 Å². The number of rotatable bonds is 4. The van der Waals surface area contributed by atoms with Crippen LogP contribution in [0.1, 0.15) is 24.8 Å². The van der Waals surface area contributed by atoms with Gasteiger partial charge in [0.1, 0.15) is 11.3 Å². The summed E-state index contributed by atoms with van der Waals surface area (Å²) in [5.41, 5.74) is 7.08. The first-order valence-electron chi connectivity index (χ1n) is 8.11. The van der Waals surface area contributed by atoms with Crippen molar-refractivity contribution in [2.45, 2.75) is 31.8 Å². The minimum atomic E-state index is -1.08. The van der Waals surface area contributed by atoms with Crippen molar-refractivity contribution in [3.63, 3.8) is 0 Å². The van der Waals surface area contributed by atoms with Gasteiger partial charge in [0, 0.05) is 24.7 Å². The van der Waals surface area contributed by atoms with Gasteiger partial charge in [-0.25, -0.2) is 0 Å². The van der Waals surface area contributed by atoms with Crippen LogP contribution in [0.2, 0.25) is 0 Å². The first kappa shape index (κ1) is 16.5. The number of hydrogen-bond donors (Lipinski definition) is 2. The molecule has 0 aliphatic carbocycles. The maximum absolute atomic E-state index is 11.3. The van der Waals surface area contributed by atoms with Gasteiger partial charge in [-0.15, -0.1) is 0 Å². The van der Waals surface area contributed by atoms with Gasteiger partial charge in [-0.2, -0.15) is 0 Å². The lowest BCUT2D eigenvalue weighted by Gasteiger charge is -2.40. The highest BCUT2D eigenvalue weighted by molar-refractivity contribution is 5.96. The lowest BCUT2D eigenvalue weighted by molar-refractivity contribution is -0.123. The van der Waals surface area contributed by atoms with E-state index in [1.807, 2.05) is 31.3 Å². The number of methoxy groups -OCH3 is 1. The predicted octanol–water partition coefficient (Wildman–Crippen LogP) is 1.76. The fourth-order valence-corrected chi connectivity index (χ4v) is 3.64. The molecule has 0 radical (unpaired) electrons. The number of carbonyl (C=O) groups is 1. The SMILES string of the molecule is COc1cccc2c(N3CCCC(O)(CC(N)=O)C3)c(C)cnc12. The Morgan fingerprint density at radius 3 is 3.00 bits per heavy atom. The van der Waals surface area contributed by atoms with Gasteiger partial charge in [-0.3, -0.25) is 9.78 Å². The summed E-state index contributed by atoms with van der Waals surface area (Å²) >= 11 is 0. The number of primary amides is 1. The zero-order chi connectivity index (χ0) is 17.3. The zero-order valence-electron chi connectivity index (χ0n) is 14.1. The van der Waals surface area contributed by atoms with Crippen molar-refractivity contribution in [3.05, 3.63) is 30.0 Å². The Balaban J connectivity index is 2.05. The molecule has 1 fully saturated rings. The summed E-state index contributed by atoms with van der Waals surface area (Å²) in [6.07, 6.45) is 3.19. The molecule has 3 rings (SSSR count). The summed E-state index contributed by atoms with van der Waals surface area (Å²) in [5, 5.41) is 11.7. The number of aliphatic hydroxyl groups is 1. The van der Waals surface area contributed by atoms with Gasteiger partial charge in [-0.1, -0.05) is 12.1 Å². The minimum Gasteiger partial charge on any atom is -0.494 e. The fraction of sp³-hybridized carbons (Fsp3) is 0.444. The second-order valence-corrected chi connectivity index (χ2v) is 6.54. The van der Waals surface area contributed by atoms with Crippen LogP contribution in [0.5, 0.6) is 5.75 Å². The molecule has 2 aromatic rings. The standard InChI is InChI=1S/C18H23N3O3/c1-12-10-20-16-13(5-3-6-14(16)24-2)17(12)21-8-4-7-18(23,11-21)9-15(19)22/h3,5-6,10,23H,4,7-9,11H2,1-2H3,(H2,19,22). The number of piperidine rings is 1. The monoisotopic (exact) mass is 329 g/mol. The minimum absolute atomic E-state index is 0.0190. The molecule has 1 saturated heterocycles. The van der Waals surface area contributed by atoms with Crippen molar-refractivity contribution in [2.24, 2.45) is 5.73 Å². The van der Waals surface area contributed by atoms with E-state index in [0.717, 1.165) is 40.9 Å². The van der Waals surface area contributed by atoms with E-state index in [9.17, 15) is 9.90 Å². The number of pyridine rings is 1. The predicted molar refractivity (Wildman–Crippen MR) is 93.2 cm³/mol. The Morgan fingerprint density at radius 2 is 2.29 bits per heavy atom. The van der Waals surface area contributed by atoms with Crippen molar-refractivity contribution in [1.29, 1.82) is 0 Å². The van der Waals surface area contributed by atoms with Crippen LogP contribution in [-0.2, 0) is 4.79 Å². The van der Waals surface area contributed by atoms with E-state index in [1.165, 1.54) is 0 Å². The molecule has 2 heterocycles. The summed E-state index contributed by atoms with van der Waals surface area (Å²) in [5.74, 6) is 0.246. The molecule has 1 aliphatic rings. The van der Waals surface area contributed by atoms with Crippen LogP contribution < -0.4 is 15.4 Å². The maximum atomic E-state index is 11.3. The molecule has 1 aromatic carbocycles. The molecule has 6 heteroatoms. The van der Waals surface area contributed by atoms with Crippen LogP contribution in [0.25, 0.3) is 10.9 Å². The Morgan fingerprint density at radius 1 is 1.50 bits per heavy atom. The average Bonchev–Trinajstić information content (AvgIpc) is 2.52. The van der Waals surface area contributed by atoms with Crippen molar-refractivity contribution >= 4 is 22.5 Å². The third-order valence-electron chi connectivity index (χ3n) is 4.61. The number of anilines is 1. The summed E-state index contributed by atoms with van der Waals surface area (Å²) in [6.45, 7) is 3.20. The molecule has 128 valence electrons. The van der Waals surface area contributed by atoms with E-state index in [4.69, 9.17) is 10.5 Å². The molecule has 3 N–H and O–H groups in total. The van der Waals surface area contributed by atoms with E-state index in [1.54, 1.807) is 7.11 Å². The first-order chi connectivity index (χ1) is 11.4. The summed E-state index contributed by atoms with van der Waals surface area (Å²) < 4.78 is 5.41. The van der Waals surface area contributed by atoms with Crippen molar-refractivity contribution in [2.75, 3.05) is 25.1 Å². The smallest absolute Gasteiger partial charge is 0.220 e. The number of fused-ring (bicyclic) bond motifs is 1. The molecule has 1 amide bonds. The second kappa shape index (κ2) is 6.28. The second-order valence-electron chi connectivity index (χ2n) is 6.54. The van der Waals surface area contributed by atoms with E-state index in [2.05, 4.69) is 9.88 Å². The van der Waals surface area contributed by atoms with Gasteiger partial charge in [0.25, 0.3) is 0 Å². The number of amides is 1. The van der Waals surface area contributed by atoms with Gasteiger partial charge in [0.05, 0.1) is 24.8 Å². The topological polar surface area (TPSA) is 88.7 Å². The molecular weight excluding hydrogens is 306 g/mol. The summed E-state index contributed by atoms with van der Waals surface area (Å²) in [4.78, 5) is 17.9. The van der Waals surface area contributed by atoms with Gasteiger partial charge in [-0.05, 0) is 31.4 Å². The summed E-state index contributed by atoms with van der Waals surface area (Å²) in [6, 6.07) is 5.83.